The molecule has 90 valence electrons. The van der Waals surface area contributed by atoms with Crippen molar-refractivity contribution in [2.45, 2.75) is 25.1 Å². The van der Waals surface area contributed by atoms with E-state index in [-0.39, 0.29) is 6.04 Å². The summed E-state index contributed by atoms with van der Waals surface area (Å²) in [7, 11) is 0. The maximum Gasteiger partial charge on any atom is 0.449 e. The van der Waals surface area contributed by atoms with Gasteiger partial charge in [0.1, 0.15) is 0 Å². The second kappa shape index (κ2) is 3.15. The Morgan fingerprint density at radius 2 is 2.00 bits per heavy atom. The average Bonchev–Trinajstić information content (AvgIpc) is 2.97. The molecule has 0 aliphatic heterocycles. The third-order valence-corrected chi connectivity index (χ3v) is 2.88. The Morgan fingerprint density at radius 1 is 1.29 bits per heavy atom. The third-order valence-electron chi connectivity index (χ3n) is 2.88. The number of aromatic nitrogens is 2. The predicted molar refractivity (Wildman–Crippen MR) is 57.4 cm³/mol. The van der Waals surface area contributed by atoms with Gasteiger partial charge in [0.05, 0.1) is 11.0 Å². The fourth-order valence-corrected chi connectivity index (χ4v) is 2.02. The van der Waals surface area contributed by atoms with Gasteiger partial charge in [-0.15, -0.1) is 0 Å². The second-order valence-corrected chi connectivity index (χ2v) is 4.28. The van der Waals surface area contributed by atoms with Crippen molar-refractivity contribution in [3.05, 3.63) is 24.0 Å². The van der Waals surface area contributed by atoms with Crippen LogP contribution in [0.25, 0.3) is 11.0 Å². The molecule has 0 unspecified atom stereocenters. The monoisotopic (exact) mass is 241 g/mol. The number of hydrogen-bond acceptors (Lipinski definition) is 2. The van der Waals surface area contributed by atoms with Crippen molar-refractivity contribution in [2.24, 2.45) is 0 Å². The van der Waals surface area contributed by atoms with Gasteiger partial charge < -0.3 is 10.3 Å². The van der Waals surface area contributed by atoms with Crippen molar-refractivity contribution in [3.63, 3.8) is 0 Å². The molecule has 17 heavy (non-hydrogen) atoms. The summed E-state index contributed by atoms with van der Waals surface area (Å²) >= 11 is 0. The zero-order chi connectivity index (χ0) is 12.2. The van der Waals surface area contributed by atoms with Crippen LogP contribution in [-0.2, 0) is 6.18 Å². The normalized spacial score (nSPS) is 16.6. The Balaban J connectivity index is 2.30. The first kappa shape index (κ1) is 10.4. The van der Waals surface area contributed by atoms with Gasteiger partial charge in [-0.25, -0.2) is 4.98 Å². The lowest BCUT2D eigenvalue weighted by Crippen LogP contribution is -2.14. The van der Waals surface area contributed by atoms with Crippen molar-refractivity contribution < 1.29 is 13.2 Å². The molecule has 1 aromatic carbocycles. The number of nitrogen functional groups attached to an aromatic ring is 1. The Labute approximate surface area is 95.0 Å². The van der Waals surface area contributed by atoms with Crippen LogP contribution >= 0.6 is 0 Å². The second-order valence-electron chi connectivity index (χ2n) is 4.28. The van der Waals surface area contributed by atoms with E-state index in [9.17, 15) is 13.2 Å². The molecular formula is C11H10F3N3. The van der Waals surface area contributed by atoms with Gasteiger partial charge in [0.2, 0.25) is 5.82 Å². The van der Waals surface area contributed by atoms with Gasteiger partial charge in [-0.05, 0) is 31.0 Å². The van der Waals surface area contributed by atoms with E-state index in [4.69, 9.17) is 5.73 Å². The molecule has 0 atom stereocenters. The predicted octanol–water partition coefficient (Wildman–Crippen LogP) is 2.97. The summed E-state index contributed by atoms with van der Waals surface area (Å²) in [4.78, 5) is 3.66. The minimum absolute atomic E-state index is 0.0692. The van der Waals surface area contributed by atoms with Crippen LogP contribution in [0.15, 0.2) is 18.2 Å². The molecule has 0 saturated heterocycles. The molecule has 6 heteroatoms. The van der Waals surface area contributed by atoms with Crippen molar-refractivity contribution in [1.29, 1.82) is 0 Å². The zero-order valence-corrected chi connectivity index (χ0v) is 8.83. The van der Waals surface area contributed by atoms with E-state index < -0.39 is 12.0 Å². The number of halogens is 3. The Morgan fingerprint density at radius 3 is 2.59 bits per heavy atom. The van der Waals surface area contributed by atoms with Gasteiger partial charge in [-0.2, -0.15) is 13.2 Å². The highest BCUT2D eigenvalue weighted by atomic mass is 19.4. The highest BCUT2D eigenvalue weighted by Gasteiger charge is 2.41. The number of imidazole rings is 1. The number of nitrogens with two attached hydrogens (primary N) is 1. The molecule has 1 heterocycles. The van der Waals surface area contributed by atoms with Crippen LogP contribution in [-0.4, -0.2) is 9.55 Å². The lowest BCUT2D eigenvalue weighted by atomic mass is 10.3. The molecule has 3 nitrogen and oxygen atoms in total. The number of rotatable bonds is 1. The fraction of sp³-hybridized carbons (Fsp3) is 0.364. The molecular weight excluding hydrogens is 231 g/mol. The Hall–Kier alpha value is -1.72. The Kier molecular flexibility index (Phi) is 1.93. The van der Waals surface area contributed by atoms with Crippen LogP contribution in [0.3, 0.4) is 0 Å². The quantitative estimate of drug-likeness (QED) is 0.780. The summed E-state index contributed by atoms with van der Waals surface area (Å²) in [5.74, 6) is -0.819. The van der Waals surface area contributed by atoms with Crippen molar-refractivity contribution in [1.82, 2.24) is 9.55 Å². The Bertz CT molecular complexity index is 581. The molecule has 0 spiro atoms. The third kappa shape index (κ3) is 1.64. The van der Waals surface area contributed by atoms with E-state index in [1.54, 1.807) is 12.1 Å². The van der Waals surface area contributed by atoms with Crippen LogP contribution in [0.1, 0.15) is 24.7 Å². The number of anilines is 1. The van der Waals surface area contributed by atoms with E-state index in [2.05, 4.69) is 4.98 Å². The number of alkyl halides is 3. The molecule has 1 aliphatic carbocycles. The van der Waals surface area contributed by atoms with Gasteiger partial charge >= 0.3 is 6.18 Å². The van der Waals surface area contributed by atoms with Gasteiger partial charge in [0.15, 0.2) is 0 Å². The van der Waals surface area contributed by atoms with Crippen LogP contribution < -0.4 is 5.73 Å². The van der Waals surface area contributed by atoms with Crippen molar-refractivity contribution >= 4 is 16.7 Å². The number of fused-ring (bicyclic) bond motifs is 1. The SMILES string of the molecule is Nc1ccc2c(c1)nc(C(F)(F)F)n2C1CC1. The highest BCUT2D eigenvalue weighted by Crippen LogP contribution is 2.42. The minimum atomic E-state index is -4.42. The molecule has 2 N–H and O–H groups in total. The fourth-order valence-electron chi connectivity index (χ4n) is 2.02. The summed E-state index contributed by atoms with van der Waals surface area (Å²) in [6.45, 7) is 0. The number of hydrogen-bond donors (Lipinski definition) is 1. The first-order valence-electron chi connectivity index (χ1n) is 5.31. The van der Waals surface area contributed by atoms with E-state index in [0.29, 0.717) is 16.7 Å². The largest absolute Gasteiger partial charge is 0.449 e. The summed E-state index contributed by atoms with van der Waals surface area (Å²) in [6, 6.07) is 4.61. The van der Waals surface area contributed by atoms with Gasteiger partial charge in [0.25, 0.3) is 0 Å². The van der Waals surface area contributed by atoms with E-state index >= 15 is 0 Å². The van der Waals surface area contributed by atoms with Crippen molar-refractivity contribution in [3.8, 4) is 0 Å². The lowest BCUT2D eigenvalue weighted by Gasteiger charge is -2.09. The van der Waals surface area contributed by atoms with Gasteiger partial charge in [0, 0.05) is 11.7 Å². The van der Waals surface area contributed by atoms with Gasteiger partial charge in [-0.1, -0.05) is 0 Å². The standard InChI is InChI=1S/C11H10F3N3/c12-11(13,14)10-16-8-5-6(15)1-4-9(8)17(10)7-2-3-7/h1,4-5,7H,2-3,15H2. The molecule has 1 aromatic heterocycles. The lowest BCUT2D eigenvalue weighted by molar-refractivity contribution is -0.147. The maximum atomic E-state index is 12.9. The number of benzene rings is 1. The molecule has 0 bridgehead atoms. The maximum absolute atomic E-state index is 12.9. The molecule has 1 saturated carbocycles. The van der Waals surface area contributed by atoms with E-state index in [1.807, 2.05) is 0 Å². The molecule has 1 fully saturated rings. The number of nitrogens with zero attached hydrogens (tertiary/aromatic N) is 2. The summed E-state index contributed by atoms with van der Waals surface area (Å²) < 4.78 is 39.9. The summed E-state index contributed by atoms with van der Waals surface area (Å²) in [5, 5.41) is 0. The zero-order valence-electron chi connectivity index (χ0n) is 8.83. The summed E-state index contributed by atoms with van der Waals surface area (Å²) in [5.41, 5.74) is 6.79. The first-order chi connectivity index (χ1) is 7.97. The van der Waals surface area contributed by atoms with Crippen molar-refractivity contribution in [2.75, 3.05) is 5.73 Å². The van der Waals surface area contributed by atoms with Crippen LogP contribution in [0.4, 0.5) is 18.9 Å². The van der Waals surface area contributed by atoms with Crippen LogP contribution in [0.5, 0.6) is 0 Å². The van der Waals surface area contributed by atoms with Crippen LogP contribution in [0.2, 0.25) is 0 Å². The van der Waals surface area contributed by atoms with Crippen LogP contribution in [0, 0.1) is 0 Å². The molecule has 3 rings (SSSR count). The van der Waals surface area contributed by atoms with E-state index in [0.717, 1.165) is 12.8 Å². The first-order valence-corrected chi connectivity index (χ1v) is 5.31. The highest BCUT2D eigenvalue weighted by molar-refractivity contribution is 5.80. The molecule has 0 radical (unpaired) electrons. The summed E-state index contributed by atoms with van der Waals surface area (Å²) in [6.07, 6.45) is -2.87. The topological polar surface area (TPSA) is 43.8 Å². The minimum Gasteiger partial charge on any atom is -0.399 e. The molecule has 0 amide bonds. The smallest absolute Gasteiger partial charge is 0.399 e. The average molecular weight is 241 g/mol. The van der Waals surface area contributed by atoms with E-state index in [1.165, 1.54) is 10.6 Å². The molecule has 2 aromatic rings. The molecule has 1 aliphatic rings. The van der Waals surface area contributed by atoms with Gasteiger partial charge in [-0.3, -0.25) is 0 Å².